The normalized spacial score (nSPS) is 14.5. The number of aliphatic hydroxyl groups is 6. The van der Waals surface area contributed by atoms with Crippen LogP contribution in [0.15, 0.2) is 24.3 Å². The lowest BCUT2D eigenvalue weighted by atomic mass is 10.0. The lowest BCUT2D eigenvalue weighted by Gasteiger charge is -2.35. The fourth-order valence-electron chi connectivity index (χ4n) is 5.99. The Morgan fingerprint density at radius 3 is 1.13 bits per heavy atom. The molecular formula is C42H78O10. The highest BCUT2D eigenvalue weighted by atomic mass is 16.8. The van der Waals surface area contributed by atoms with Gasteiger partial charge in [-0.2, -0.15) is 0 Å². The molecule has 0 aliphatic rings. The highest BCUT2D eigenvalue weighted by Gasteiger charge is 2.51. The van der Waals surface area contributed by atoms with E-state index in [9.17, 15) is 35.1 Å². The number of unbranched alkanes of at least 4 members (excludes halogenated alkanes) is 22. The largest absolute Gasteiger partial charge is 0.403 e. The molecule has 0 saturated carbocycles. The van der Waals surface area contributed by atoms with Crippen molar-refractivity contribution < 1.29 is 49.7 Å². The lowest BCUT2D eigenvalue weighted by Crippen LogP contribution is -2.59. The average molecular weight is 743 g/mol. The maximum atomic E-state index is 12.6. The van der Waals surface area contributed by atoms with Crippen molar-refractivity contribution in [2.75, 3.05) is 6.61 Å². The van der Waals surface area contributed by atoms with E-state index in [4.69, 9.17) is 14.6 Å². The summed E-state index contributed by atoms with van der Waals surface area (Å²) in [6.45, 7) is 3.50. The lowest BCUT2D eigenvalue weighted by molar-refractivity contribution is -0.375. The van der Waals surface area contributed by atoms with Gasteiger partial charge in [0, 0.05) is 12.8 Å². The van der Waals surface area contributed by atoms with E-state index < -0.39 is 48.9 Å². The van der Waals surface area contributed by atoms with E-state index in [0.717, 1.165) is 77.0 Å². The van der Waals surface area contributed by atoms with Crippen molar-refractivity contribution in [2.45, 2.75) is 224 Å². The van der Waals surface area contributed by atoms with Crippen LogP contribution in [0, 0.1) is 0 Å². The second-order valence-electron chi connectivity index (χ2n) is 14.4. The van der Waals surface area contributed by atoms with E-state index in [1.807, 2.05) is 0 Å². The number of hydrogen-bond donors (Lipinski definition) is 6. The van der Waals surface area contributed by atoms with Crippen molar-refractivity contribution >= 4 is 11.9 Å². The molecule has 0 radical (unpaired) electrons. The molecule has 0 fully saturated rings. The first-order valence-corrected chi connectivity index (χ1v) is 20.9. The summed E-state index contributed by atoms with van der Waals surface area (Å²) in [4.78, 5) is 25.3. The Morgan fingerprint density at radius 2 is 0.808 bits per heavy atom. The number of aliphatic hydroxyl groups excluding tert-OH is 5. The number of carbonyl (C=O) groups excluding carboxylic acids is 2. The third-order valence-corrected chi connectivity index (χ3v) is 9.43. The minimum absolute atomic E-state index is 0.128. The third kappa shape index (κ3) is 27.7. The molecule has 0 spiro atoms. The van der Waals surface area contributed by atoms with E-state index in [1.165, 1.54) is 77.0 Å². The summed E-state index contributed by atoms with van der Waals surface area (Å²) in [5.41, 5.74) is 0. The molecular weight excluding hydrogens is 664 g/mol. The number of allylic oxidation sites excluding steroid dienone is 4. The monoisotopic (exact) mass is 743 g/mol. The van der Waals surface area contributed by atoms with E-state index in [0.29, 0.717) is 12.8 Å². The van der Waals surface area contributed by atoms with Crippen LogP contribution in [0.4, 0.5) is 0 Å². The van der Waals surface area contributed by atoms with E-state index in [2.05, 4.69) is 38.2 Å². The van der Waals surface area contributed by atoms with Crippen molar-refractivity contribution in [3.05, 3.63) is 24.3 Å². The minimum atomic E-state index is -3.30. The zero-order valence-corrected chi connectivity index (χ0v) is 32.9. The molecule has 0 bridgehead atoms. The van der Waals surface area contributed by atoms with Crippen molar-refractivity contribution in [1.82, 2.24) is 0 Å². The Hall–Kier alpha value is -1.82. The van der Waals surface area contributed by atoms with Crippen LogP contribution in [0.2, 0.25) is 0 Å². The summed E-state index contributed by atoms with van der Waals surface area (Å²) >= 11 is 0. The van der Waals surface area contributed by atoms with Gasteiger partial charge in [-0.15, -0.1) is 0 Å². The average Bonchev–Trinajstić information content (AvgIpc) is 3.13. The number of esters is 2. The second kappa shape index (κ2) is 34.9. The molecule has 306 valence electrons. The molecule has 0 saturated heterocycles. The summed E-state index contributed by atoms with van der Waals surface area (Å²) in [6.07, 6.45) is 28.0. The number of rotatable bonds is 37. The maximum absolute atomic E-state index is 12.6. The van der Waals surface area contributed by atoms with Crippen molar-refractivity contribution in [2.24, 2.45) is 0 Å². The predicted octanol–water partition coefficient (Wildman–Crippen LogP) is 8.23. The van der Waals surface area contributed by atoms with Crippen molar-refractivity contribution in [1.29, 1.82) is 0 Å². The smallest absolute Gasteiger partial charge is 0.396 e. The summed E-state index contributed by atoms with van der Waals surface area (Å²) < 4.78 is 9.99. The van der Waals surface area contributed by atoms with Gasteiger partial charge in [-0.3, -0.25) is 9.59 Å². The van der Waals surface area contributed by atoms with Crippen molar-refractivity contribution in [3.63, 3.8) is 0 Å². The van der Waals surface area contributed by atoms with Gasteiger partial charge in [-0.25, -0.2) is 0 Å². The molecule has 0 aromatic carbocycles. The van der Waals surface area contributed by atoms with Gasteiger partial charge in [0.15, 0.2) is 6.10 Å². The summed E-state index contributed by atoms with van der Waals surface area (Å²) in [5.74, 6) is -5.22. The Bertz CT molecular complexity index is 838. The number of carbonyl (C=O) groups is 2. The van der Waals surface area contributed by atoms with Gasteiger partial charge < -0.3 is 40.1 Å². The first kappa shape index (κ1) is 50.2. The summed E-state index contributed by atoms with van der Waals surface area (Å²) in [7, 11) is 0. The molecule has 0 aliphatic heterocycles. The molecule has 0 heterocycles. The van der Waals surface area contributed by atoms with E-state index >= 15 is 0 Å². The fourth-order valence-corrected chi connectivity index (χ4v) is 5.99. The molecule has 10 heteroatoms. The Balaban J connectivity index is 4.55. The summed E-state index contributed by atoms with van der Waals surface area (Å²) in [5, 5.41) is 60.9. The first-order chi connectivity index (χ1) is 25.1. The molecule has 0 rings (SSSR count). The minimum Gasteiger partial charge on any atom is -0.396 e. The number of hydrogen-bond acceptors (Lipinski definition) is 10. The molecule has 0 aliphatic carbocycles. The van der Waals surface area contributed by atoms with Crippen LogP contribution >= 0.6 is 0 Å². The second-order valence-corrected chi connectivity index (χ2v) is 14.4. The predicted molar refractivity (Wildman–Crippen MR) is 207 cm³/mol. The maximum Gasteiger partial charge on any atom is 0.403 e. The first-order valence-electron chi connectivity index (χ1n) is 20.9. The Labute approximate surface area is 316 Å². The quantitative estimate of drug-likeness (QED) is 0.0158. The van der Waals surface area contributed by atoms with Crippen LogP contribution in [0.25, 0.3) is 0 Å². The molecule has 6 N–H and O–H groups in total. The van der Waals surface area contributed by atoms with Gasteiger partial charge in [0.25, 0.3) is 0 Å². The zero-order chi connectivity index (χ0) is 38.7. The van der Waals surface area contributed by atoms with Gasteiger partial charge in [0.2, 0.25) is 0 Å². The van der Waals surface area contributed by atoms with E-state index in [1.54, 1.807) is 0 Å². The molecule has 0 amide bonds. The van der Waals surface area contributed by atoms with Crippen LogP contribution in [0.3, 0.4) is 0 Å². The fraction of sp³-hybridized carbons (Fsp3) is 0.857. The van der Waals surface area contributed by atoms with Crippen LogP contribution in [0.5, 0.6) is 0 Å². The number of ether oxygens (including phenoxy) is 2. The zero-order valence-electron chi connectivity index (χ0n) is 32.9. The van der Waals surface area contributed by atoms with Gasteiger partial charge >= 0.3 is 17.9 Å². The molecule has 0 aromatic heterocycles. The van der Waals surface area contributed by atoms with Crippen LogP contribution in [-0.4, -0.2) is 79.6 Å². The standard InChI is InChI=1S/C42H78O10/c1-3-5-7-9-11-13-15-17-19-21-23-25-27-29-31-33-37(45)51-42(50,41(49)40(48)39(47)36(44)35-43)52-38(46)34-32-30-28-26-24-22-20-18-16-14-12-10-8-6-4-2/h17-20,36,39-41,43-44,47-50H,3-16,21-35H2,1-2H3/b19-17-,20-18-/t36-,39+,40+,41+/m0/s1. The third-order valence-electron chi connectivity index (χ3n) is 9.43. The van der Waals surface area contributed by atoms with Crippen LogP contribution in [-0.2, 0) is 19.1 Å². The Kier molecular flexibility index (Phi) is 33.7. The van der Waals surface area contributed by atoms with Gasteiger partial charge in [-0.1, -0.05) is 141 Å². The SMILES string of the molecule is CCCCCCCC/C=C\CCCCCCCC(=O)OC(O)(OC(=O)CCCCCCC/C=C\CCCCCCCC)[C@H](O)[C@H](O)[C@H](O)[C@@H](O)CO. The molecule has 52 heavy (non-hydrogen) atoms. The highest BCUT2D eigenvalue weighted by Crippen LogP contribution is 2.24. The highest BCUT2D eigenvalue weighted by molar-refractivity contribution is 5.72. The van der Waals surface area contributed by atoms with Gasteiger partial charge in [0.05, 0.1) is 6.61 Å². The topological polar surface area (TPSA) is 174 Å². The van der Waals surface area contributed by atoms with Crippen LogP contribution < -0.4 is 0 Å². The molecule has 4 atom stereocenters. The van der Waals surface area contributed by atoms with Gasteiger partial charge in [-0.05, 0) is 64.2 Å². The van der Waals surface area contributed by atoms with Gasteiger partial charge in [0.1, 0.15) is 18.3 Å². The molecule has 0 aromatic rings. The Morgan fingerprint density at radius 1 is 0.500 bits per heavy atom. The van der Waals surface area contributed by atoms with Crippen LogP contribution in [0.1, 0.15) is 194 Å². The molecule has 0 unspecified atom stereocenters. The summed E-state index contributed by atoms with van der Waals surface area (Å²) in [6, 6.07) is 0. The van der Waals surface area contributed by atoms with Crippen molar-refractivity contribution in [3.8, 4) is 0 Å². The van der Waals surface area contributed by atoms with E-state index in [-0.39, 0.29) is 12.8 Å². The molecule has 10 nitrogen and oxygen atoms in total.